The molecule has 0 bridgehead atoms. The summed E-state index contributed by atoms with van der Waals surface area (Å²) < 4.78 is 84.3. The lowest BCUT2D eigenvalue weighted by atomic mass is 10.1. The number of hydrogen-bond donors (Lipinski definition) is 2. The number of pyridine rings is 2. The van der Waals surface area contributed by atoms with Crippen molar-refractivity contribution in [1.29, 1.82) is 0 Å². The highest BCUT2D eigenvalue weighted by atomic mass is 19.4. The number of rotatable bonds is 5. The lowest BCUT2D eigenvalue weighted by Gasteiger charge is -2.22. The van der Waals surface area contributed by atoms with E-state index in [1.807, 2.05) is 0 Å². The molecule has 2 N–H and O–H groups in total. The van der Waals surface area contributed by atoms with Gasteiger partial charge in [-0.15, -0.1) is 0 Å². The third-order valence-corrected chi connectivity index (χ3v) is 6.42. The number of fused-ring (bicyclic) bond motifs is 1. The van der Waals surface area contributed by atoms with Crippen molar-refractivity contribution in [2.24, 2.45) is 5.92 Å². The Bertz CT molecular complexity index is 1510. The van der Waals surface area contributed by atoms with Crippen LogP contribution in [0.3, 0.4) is 0 Å². The first-order valence-electron chi connectivity index (χ1n) is 11.4. The molecule has 200 valence electrons. The molecule has 0 radical (unpaired) electrons. The Hall–Kier alpha value is -3.94. The van der Waals surface area contributed by atoms with E-state index in [-0.39, 0.29) is 31.6 Å². The molecule has 0 spiro atoms. The Labute approximate surface area is 209 Å². The van der Waals surface area contributed by atoms with E-state index in [9.17, 15) is 45.8 Å². The molecule has 2 fully saturated rings. The molecule has 38 heavy (non-hydrogen) atoms. The lowest BCUT2D eigenvalue weighted by Crippen LogP contribution is -2.48. The smallest absolute Gasteiger partial charge is 0.391 e. The van der Waals surface area contributed by atoms with Gasteiger partial charge in [-0.05, 0) is 30.9 Å². The number of alkyl halides is 3. The van der Waals surface area contributed by atoms with Crippen LogP contribution in [0.5, 0.6) is 0 Å². The van der Waals surface area contributed by atoms with Crippen LogP contribution in [-0.2, 0) is 4.79 Å². The topological polar surface area (TPSA) is 105 Å². The summed E-state index contributed by atoms with van der Waals surface area (Å²) in [5, 5.41) is 11.2. The van der Waals surface area contributed by atoms with Gasteiger partial charge in [0.05, 0.1) is 24.5 Å². The van der Waals surface area contributed by atoms with Crippen molar-refractivity contribution < 1.29 is 41.0 Å². The van der Waals surface area contributed by atoms with Gasteiger partial charge in [-0.3, -0.25) is 23.9 Å². The summed E-state index contributed by atoms with van der Waals surface area (Å²) in [4.78, 5) is 43.5. The fourth-order valence-corrected chi connectivity index (χ4v) is 4.47. The van der Waals surface area contributed by atoms with Crippen LogP contribution >= 0.6 is 0 Å². The largest absolute Gasteiger partial charge is 0.408 e. The van der Waals surface area contributed by atoms with Gasteiger partial charge in [0.2, 0.25) is 11.3 Å². The first-order valence-corrected chi connectivity index (χ1v) is 11.4. The molecule has 14 heteroatoms. The van der Waals surface area contributed by atoms with Gasteiger partial charge >= 0.3 is 6.18 Å². The molecular weight excluding hydrogens is 522 g/mol. The van der Waals surface area contributed by atoms with Crippen molar-refractivity contribution in [2.75, 3.05) is 11.4 Å². The predicted octanol–water partition coefficient (Wildman–Crippen LogP) is 2.97. The zero-order valence-corrected chi connectivity index (χ0v) is 19.2. The number of nitrogens with zero attached hydrogens (tertiary/aromatic N) is 3. The molecule has 1 unspecified atom stereocenters. The van der Waals surface area contributed by atoms with Gasteiger partial charge in [-0.25, -0.2) is 18.2 Å². The average Bonchev–Trinajstić information content (AvgIpc) is 3.59. The van der Waals surface area contributed by atoms with Crippen LogP contribution < -0.4 is 15.6 Å². The van der Waals surface area contributed by atoms with Crippen LogP contribution in [0.1, 0.15) is 29.6 Å². The van der Waals surface area contributed by atoms with Gasteiger partial charge in [0.15, 0.2) is 17.3 Å². The summed E-state index contributed by atoms with van der Waals surface area (Å²) in [7, 11) is 0. The molecular formula is C24H18F6N4O4. The number of aliphatic hydroxyl groups excluding tert-OH is 1. The quantitative estimate of drug-likeness (QED) is 0.485. The van der Waals surface area contributed by atoms with Crippen LogP contribution in [0, 0.1) is 23.4 Å². The van der Waals surface area contributed by atoms with E-state index >= 15 is 0 Å². The molecule has 3 aromatic rings. The van der Waals surface area contributed by atoms with Crippen LogP contribution in [0.4, 0.5) is 32.2 Å². The number of β-amino-alcohol motifs (C(OH)–C–C–N with tert-alkyl or cyclic N) is 1. The number of carbonyl (C=O) groups is 2. The molecule has 5 rings (SSSR count). The first-order chi connectivity index (χ1) is 17.8. The monoisotopic (exact) mass is 540 g/mol. The van der Waals surface area contributed by atoms with Gasteiger partial charge in [0.25, 0.3) is 5.91 Å². The maximum absolute atomic E-state index is 14.8. The van der Waals surface area contributed by atoms with Gasteiger partial charge in [-0.2, -0.15) is 13.2 Å². The summed E-state index contributed by atoms with van der Waals surface area (Å²) in [5.41, 5.74) is -3.37. The molecule has 1 aliphatic heterocycles. The summed E-state index contributed by atoms with van der Waals surface area (Å²) >= 11 is 0. The van der Waals surface area contributed by atoms with Gasteiger partial charge < -0.3 is 10.4 Å². The van der Waals surface area contributed by atoms with Gasteiger partial charge in [0.1, 0.15) is 28.9 Å². The molecule has 1 saturated heterocycles. The number of aromatic nitrogens is 2. The summed E-state index contributed by atoms with van der Waals surface area (Å²) in [5.74, 6) is -7.09. The highest BCUT2D eigenvalue weighted by Crippen LogP contribution is 2.40. The number of benzene rings is 1. The molecule has 1 saturated carbocycles. The van der Waals surface area contributed by atoms with E-state index in [0.29, 0.717) is 22.9 Å². The second kappa shape index (κ2) is 9.11. The zero-order chi connectivity index (χ0) is 27.5. The Morgan fingerprint density at radius 1 is 1.11 bits per heavy atom. The highest BCUT2D eigenvalue weighted by molar-refractivity contribution is 5.99. The fourth-order valence-electron chi connectivity index (χ4n) is 4.47. The average molecular weight is 540 g/mol. The van der Waals surface area contributed by atoms with E-state index in [1.165, 1.54) is 6.07 Å². The lowest BCUT2D eigenvalue weighted by molar-refractivity contribution is -0.158. The highest BCUT2D eigenvalue weighted by Gasteiger charge is 2.50. The minimum Gasteiger partial charge on any atom is -0.391 e. The Balaban J connectivity index is 1.70. The van der Waals surface area contributed by atoms with Crippen molar-refractivity contribution in [3.8, 4) is 5.69 Å². The van der Waals surface area contributed by atoms with Gasteiger partial charge in [0, 0.05) is 18.3 Å². The number of carbonyl (C=O) groups excluding carboxylic acids is 2. The van der Waals surface area contributed by atoms with Crippen molar-refractivity contribution in [3.05, 3.63) is 63.7 Å². The minimum absolute atomic E-state index is 0.0989. The van der Waals surface area contributed by atoms with E-state index in [0.717, 1.165) is 11.0 Å². The summed E-state index contributed by atoms with van der Waals surface area (Å²) in [6.07, 6.45) is -4.96. The molecule has 2 aromatic heterocycles. The number of anilines is 1. The summed E-state index contributed by atoms with van der Waals surface area (Å²) in [6.45, 7) is -0.151. The molecule has 2 aliphatic rings. The maximum atomic E-state index is 14.8. The standard InChI is InChI=1S/C24H18F6N4O4/c25-11-5-15(26)19(16(27)6-11)34-9-14(23(38)32-21(10-1-2-10)24(28,29)30)20(37)13-3-4-17(31-22(13)34)33-8-12(35)7-18(33)36/h3-6,9-10,12,21,35H,1-2,7-8H2,(H,32,38)/t12?,21-/m1/s1. The number of amides is 2. The molecule has 8 nitrogen and oxygen atoms in total. The van der Waals surface area contributed by atoms with Crippen LogP contribution in [0.2, 0.25) is 0 Å². The molecule has 2 atom stereocenters. The number of halogens is 6. The Kier molecular flexibility index (Phi) is 6.16. The van der Waals surface area contributed by atoms with Crippen molar-refractivity contribution >= 4 is 28.7 Å². The van der Waals surface area contributed by atoms with E-state index in [2.05, 4.69) is 4.98 Å². The second-order valence-electron chi connectivity index (χ2n) is 9.19. The number of hydrogen-bond acceptors (Lipinski definition) is 5. The molecule has 1 aliphatic carbocycles. The Morgan fingerprint density at radius 3 is 2.32 bits per heavy atom. The third kappa shape index (κ3) is 4.59. The van der Waals surface area contributed by atoms with E-state index in [1.54, 1.807) is 5.32 Å². The first kappa shape index (κ1) is 25.7. The third-order valence-electron chi connectivity index (χ3n) is 6.42. The van der Waals surface area contributed by atoms with Crippen molar-refractivity contribution in [2.45, 2.75) is 37.6 Å². The second-order valence-corrected chi connectivity index (χ2v) is 9.19. The van der Waals surface area contributed by atoms with E-state index < -0.39 is 81.2 Å². The molecule has 1 aromatic carbocycles. The van der Waals surface area contributed by atoms with Crippen molar-refractivity contribution in [1.82, 2.24) is 14.9 Å². The molecule has 2 amide bonds. The minimum atomic E-state index is -4.80. The predicted molar refractivity (Wildman–Crippen MR) is 120 cm³/mol. The normalized spacial score (nSPS) is 18.8. The number of aliphatic hydroxyl groups is 1. The van der Waals surface area contributed by atoms with Gasteiger partial charge in [-0.1, -0.05) is 0 Å². The fraction of sp³-hybridized carbons (Fsp3) is 0.333. The van der Waals surface area contributed by atoms with Crippen LogP contribution in [-0.4, -0.2) is 51.3 Å². The van der Waals surface area contributed by atoms with Crippen molar-refractivity contribution in [3.63, 3.8) is 0 Å². The van der Waals surface area contributed by atoms with Crippen LogP contribution in [0.15, 0.2) is 35.3 Å². The summed E-state index contributed by atoms with van der Waals surface area (Å²) in [6, 6.07) is 0.711. The molecule has 3 heterocycles. The number of nitrogens with one attached hydrogen (secondary N) is 1. The Morgan fingerprint density at radius 2 is 1.76 bits per heavy atom. The zero-order valence-electron chi connectivity index (χ0n) is 19.2. The maximum Gasteiger partial charge on any atom is 0.408 e. The SMILES string of the molecule is O=C(N[C@H](C1CC1)C(F)(F)F)c1cn(-c2c(F)cc(F)cc2F)c2nc(N3CC(O)CC3=O)ccc2c1=O. The van der Waals surface area contributed by atoms with Crippen LogP contribution in [0.25, 0.3) is 16.7 Å². The van der Waals surface area contributed by atoms with E-state index in [4.69, 9.17) is 0 Å².